The summed E-state index contributed by atoms with van der Waals surface area (Å²) in [5.74, 6) is -0.833. The van der Waals surface area contributed by atoms with E-state index in [4.69, 9.17) is 0 Å². The molecule has 33 heavy (non-hydrogen) atoms. The largest absolute Gasteiger partial charge is 0.476 e. The first-order chi connectivity index (χ1) is 15.9. The van der Waals surface area contributed by atoms with Crippen molar-refractivity contribution in [1.29, 1.82) is 0 Å². The lowest BCUT2D eigenvalue weighted by molar-refractivity contribution is 0.0655. The van der Waals surface area contributed by atoms with Gasteiger partial charge in [0, 0.05) is 34.6 Å². The van der Waals surface area contributed by atoms with Crippen molar-refractivity contribution in [2.24, 2.45) is 5.92 Å². The van der Waals surface area contributed by atoms with Gasteiger partial charge in [0.05, 0.1) is 6.04 Å². The van der Waals surface area contributed by atoms with Crippen LogP contribution in [-0.4, -0.2) is 38.4 Å². The van der Waals surface area contributed by atoms with Crippen LogP contribution < -0.4 is 0 Å². The van der Waals surface area contributed by atoms with Crippen LogP contribution in [0, 0.1) is 5.92 Å². The molecule has 2 aromatic heterocycles. The number of benzene rings is 2. The van der Waals surface area contributed by atoms with E-state index in [0.29, 0.717) is 35.9 Å². The van der Waals surface area contributed by atoms with Gasteiger partial charge in [-0.2, -0.15) is 0 Å². The summed E-state index contributed by atoms with van der Waals surface area (Å²) in [6, 6.07) is 17.1. The third kappa shape index (κ3) is 5.14. The predicted octanol–water partition coefficient (Wildman–Crippen LogP) is 5.79. The number of aromatic carboxylic acids is 1. The first-order valence-electron chi connectivity index (χ1n) is 11.0. The maximum absolute atomic E-state index is 13.7. The number of fused-ring (bicyclic) bond motifs is 1. The Labute approximate surface area is 196 Å². The first-order valence-corrected chi connectivity index (χ1v) is 11.9. The summed E-state index contributed by atoms with van der Waals surface area (Å²) in [5, 5.41) is 12.7. The number of amides is 1. The van der Waals surface area contributed by atoms with E-state index in [1.54, 1.807) is 5.38 Å². The van der Waals surface area contributed by atoms with Crippen molar-refractivity contribution in [2.45, 2.75) is 32.7 Å². The molecular weight excluding hydrogens is 434 g/mol. The van der Waals surface area contributed by atoms with Gasteiger partial charge in [-0.1, -0.05) is 50.2 Å². The molecule has 2 heterocycles. The van der Waals surface area contributed by atoms with Gasteiger partial charge in [0.25, 0.3) is 5.91 Å². The smallest absolute Gasteiger partial charge is 0.355 e. The van der Waals surface area contributed by atoms with Crippen molar-refractivity contribution in [3.63, 3.8) is 0 Å². The lowest BCUT2D eigenvalue weighted by atomic mass is 10.0. The number of rotatable bonds is 9. The highest BCUT2D eigenvalue weighted by Crippen LogP contribution is 2.32. The van der Waals surface area contributed by atoms with Crippen LogP contribution in [0.3, 0.4) is 0 Å². The Balaban J connectivity index is 1.70. The Hall–Kier alpha value is -3.45. The zero-order valence-electron chi connectivity index (χ0n) is 18.7. The van der Waals surface area contributed by atoms with Crippen LogP contribution in [0.15, 0.2) is 66.2 Å². The minimum atomic E-state index is -1.06. The van der Waals surface area contributed by atoms with Gasteiger partial charge < -0.3 is 15.0 Å². The standard InChI is InChI=1S/C26H27N3O3S/c1-17(2)14-23(24-28-22(16-33-24)26(31)32)29(25(30)18-8-4-3-5-9-18)13-12-19-15-27-21-11-7-6-10-20(19)21/h3-11,15-17,23,27H,12-14H2,1-2H3,(H,31,32). The van der Waals surface area contributed by atoms with E-state index in [1.807, 2.05) is 59.6 Å². The van der Waals surface area contributed by atoms with Crippen molar-refractivity contribution in [3.05, 3.63) is 88.0 Å². The first kappa shape index (κ1) is 22.7. The molecular formula is C26H27N3O3S. The van der Waals surface area contributed by atoms with Crippen LogP contribution in [0.4, 0.5) is 0 Å². The molecule has 0 fully saturated rings. The number of hydrogen-bond acceptors (Lipinski definition) is 4. The monoisotopic (exact) mass is 461 g/mol. The molecule has 170 valence electrons. The Morgan fingerprint density at radius 1 is 1.09 bits per heavy atom. The van der Waals surface area contributed by atoms with E-state index in [9.17, 15) is 14.7 Å². The van der Waals surface area contributed by atoms with Crippen molar-refractivity contribution < 1.29 is 14.7 Å². The predicted molar refractivity (Wildman–Crippen MR) is 131 cm³/mol. The number of hydrogen-bond donors (Lipinski definition) is 2. The number of H-pyrrole nitrogens is 1. The van der Waals surface area contributed by atoms with Crippen molar-refractivity contribution in [1.82, 2.24) is 14.9 Å². The topological polar surface area (TPSA) is 86.3 Å². The minimum Gasteiger partial charge on any atom is -0.476 e. The molecule has 6 nitrogen and oxygen atoms in total. The number of para-hydroxylation sites is 1. The van der Waals surface area contributed by atoms with Gasteiger partial charge >= 0.3 is 5.97 Å². The van der Waals surface area contributed by atoms with E-state index in [1.165, 1.54) is 11.3 Å². The summed E-state index contributed by atoms with van der Waals surface area (Å²) >= 11 is 1.30. The third-order valence-electron chi connectivity index (χ3n) is 5.68. The molecule has 7 heteroatoms. The normalized spacial score (nSPS) is 12.2. The van der Waals surface area contributed by atoms with Gasteiger partial charge in [0.15, 0.2) is 5.69 Å². The number of aromatic nitrogens is 2. The molecule has 1 unspecified atom stereocenters. The SMILES string of the molecule is CC(C)CC(c1nc(C(=O)O)cs1)N(CCc1c[nH]c2ccccc12)C(=O)c1ccccc1. The number of carbonyl (C=O) groups is 2. The lowest BCUT2D eigenvalue weighted by Crippen LogP contribution is -2.37. The van der Waals surface area contributed by atoms with Crippen LogP contribution >= 0.6 is 11.3 Å². The molecule has 2 aromatic carbocycles. The van der Waals surface area contributed by atoms with Gasteiger partial charge in [-0.3, -0.25) is 4.79 Å². The molecule has 0 saturated carbocycles. The number of thiazole rings is 1. The molecule has 0 aliphatic carbocycles. The number of aromatic amines is 1. The van der Waals surface area contributed by atoms with Crippen LogP contribution in [0.2, 0.25) is 0 Å². The molecule has 0 saturated heterocycles. The second-order valence-corrected chi connectivity index (χ2v) is 9.39. The summed E-state index contributed by atoms with van der Waals surface area (Å²) in [4.78, 5) is 34.7. The zero-order chi connectivity index (χ0) is 23.4. The average molecular weight is 462 g/mol. The Morgan fingerprint density at radius 3 is 2.52 bits per heavy atom. The molecule has 0 aliphatic rings. The summed E-state index contributed by atoms with van der Waals surface area (Å²) in [7, 11) is 0. The fourth-order valence-corrected chi connectivity index (χ4v) is 4.99. The fourth-order valence-electron chi connectivity index (χ4n) is 4.07. The minimum absolute atomic E-state index is 0.0208. The summed E-state index contributed by atoms with van der Waals surface area (Å²) in [6.45, 7) is 4.70. The molecule has 1 atom stereocenters. The van der Waals surface area contributed by atoms with E-state index < -0.39 is 5.97 Å². The highest BCUT2D eigenvalue weighted by molar-refractivity contribution is 7.09. The van der Waals surface area contributed by atoms with Gasteiger partial charge in [-0.15, -0.1) is 11.3 Å². The molecule has 0 spiro atoms. The van der Waals surface area contributed by atoms with Crippen LogP contribution in [-0.2, 0) is 6.42 Å². The van der Waals surface area contributed by atoms with E-state index in [2.05, 4.69) is 29.9 Å². The lowest BCUT2D eigenvalue weighted by Gasteiger charge is -2.32. The fraction of sp³-hybridized carbons (Fsp3) is 0.269. The van der Waals surface area contributed by atoms with Crippen molar-refractivity contribution in [2.75, 3.05) is 6.54 Å². The highest BCUT2D eigenvalue weighted by atomic mass is 32.1. The second kappa shape index (κ2) is 10.0. The molecule has 0 bridgehead atoms. The van der Waals surface area contributed by atoms with E-state index >= 15 is 0 Å². The van der Waals surface area contributed by atoms with Crippen LogP contribution in [0.1, 0.15) is 57.7 Å². The summed E-state index contributed by atoms with van der Waals surface area (Å²) in [5.41, 5.74) is 2.84. The molecule has 4 aromatic rings. The zero-order valence-corrected chi connectivity index (χ0v) is 19.5. The number of carboxylic acids is 1. The molecule has 0 radical (unpaired) electrons. The quantitative estimate of drug-likeness (QED) is 0.330. The summed E-state index contributed by atoms with van der Waals surface area (Å²) < 4.78 is 0. The Bertz CT molecular complexity index is 1250. The molecule has 4 rings (SSSR count). The summed E-state index contributed by atoms with van der Waals surface area (Å²) in [6.07, 6.45) is 3.37. The highest BCUT2D eigenvalue weighted by Gasteiger charge is 2.30. The van der Waals surface area contributed by atoms with E-state index in [-0.39, 0.29) is 17.6 Å². The third-order valence-corrected chi connectivity index (χ3v) is 6.62. The van der Waals surface area contributed by atoms with Gasteiger partial charge in [0.2, 0.25) is 0 Å². The average Bonchev–Trinajstić information content (AvgIpc) is 3.46. The molecule has 2 N–H and O–H groups in total. The van der Waals surface area contributed by atoms with Crippen LogP contribution in [0.5, 0.6) is 0 Å². The molecule has 0 aliphatic heterocycles. The maximum Gasteiger partial charge on any atom is 0.355 e. The Morgan fingerprint density at radius 2 is 1.82 bits per heavy atom. The maximum atomic E-state index is 13.7. The number of nitrogens with one attached hydrogen (secondary N) is 1. The van der Waals surface area contributed by atoms with Crippen molar-refractivity contribution in [3.8, 4) is 0 Å². The number of carbonyl (C=O) groups excluding carboxylic acids is 1. The van der Waals surface area contributed by atoms with Crippen LogP contribution in [0.25, 0.3) is 10.9 Å². The van der Waals surface area contributed by atoms with Crippen molar-refractivity contribution >= 4 is 34.1 Å². The molecule has 1 amide bonds. The number of nitrogens with zero attached hydrogens (tertiary/aromatic N) is 2. The second-order valence-electron chi connectivity index (χ2n) is 8.50. The number of carboxylic acid groups (broad SMARTS) is 1. The van der Waals surface area contributed by atoms with Gasteiger partial charge in [-0.05, 0) is 42.5 Å². The van der Waals surface area contributed by atoms with E-state index in [0.717, 1.165) is 16.5 Å². The van der Waals surface area contributed by atoms with Gasteiger partial charge in [0.1, 0.15) is 5.01 Å². The Kier molecular flexibility index (Phi) is 6.89. The van der Waals surface area contributed by atoms with Gasteiger partial charge in [-0.25, -0.2) is 9.78 Å².